The van der Waals surface area contributed by atoms with Crippen LogP contribution in [0.1, 0.15) is 61.9 Å². The number of benzene rings is 1. The van der Waals surface area contributed by atoms with Gasteiger partial charge in [0.15, 0.2) is 0 Å². The van der Waals surface area contributed by atoms with Gasteiger partial charge in [0.1, 0.15) is 0 Å². The molecule has 2 N–H and O–H groups in total. The number of carbonyl (C=O) groups is 3. The quantitative estimate of drug-likeness (QED) is 0.608. The molecular weight excluding hydrogens is 461 g/mol. The van der Waals surface area contributed by atoms with Gasteiger partial charge in [-0.2, -0.15) is 13.2 Å². The van der Waals surface area contributed by atoms with E-state index >= 15 is 0 Å². The van der Waals surface area contributed by atoms with Crippen LogP contribution in [-0.2, 0) is 15.8 Å². The summed E-state index contributed by atoms with van der Waals surface area (Å²) in [7, 11) is 2.05. The van der Waals surface area contributed by atoms with Crippen molar-refractivity contribution in [2.24, 2.45) is 5.92 Å². The Bertz CT molecular complexity index is 915. The zero-order valence-electron chi connectivity index (χ0n) is 20.5. The fraction of sp³-hybridized carbons (Fsp3) is 0.640. The Balaban J connectivity index is 1.62. The minimum atomic E-state index is -4.56. The molecule has 0 unspecified atom stereocenters. The molecule has 0 spiro atoms. The van der Waals surface area contributed by atoms with Crippen LogP contribution in [0, 0.1) is 5.92 Å². The first-order chi connectivity index (χ1) is 16.5. The summed E-state index contributed by atoms with van der Waals surface area (Å²) in [5, 5.41) is 5.29. The monoisotopic (exact) mass is 496 g/mol. The number of carbonyl (C=O) groups excluding carboxylic acids is 3. The van der Waals surface area contributed by atoms with Crippen LogP contribution in [-0.4, -0.2) is 72.3 Å². The Morgan fingerprint density at radius 1 is 1.14 bits per heavy atom. The lowest BCUT2D eigenvalue weighted by Gasteiger charge is -2.42. The predicted molar refractivity (Wildman–Crippen MR) is 126 cm³/mol. The van der Waals surface area contributed by atoms with Gasteiger partial charge in [-0.25, -0.2) is 0 Å². The van der Waals surface area contributed by atoms with Crippen molar-refractivity contribution in [1.82, 2.24) is 20.4 Å². The topological polar surface area (TPSA) is 81.8 Å². The van der Waals surface area contributed by atoms with E-state index in [2.05, 4.69) is 36.4 Å². The lowest BCUT2D eigenvalue weighted by Crippen LogP contribution is -2.55. The van der Waals surface area contributed by atoms with Gasteiger partial charge in [-0.15, -0.1) is 0 Å². The maximum absolute atomic E-state index is 13.3. The van der Waals surface area contributed by atoms with Gasteiger partial charge >= 0.3 is 6.18 Å². The molecule has 35 heavy (non-hydrogen) atoms. The van der Waals surface area contributed by atoms with Crippen LogP contribution >= 0.6 is 0 Å². The number of likely N-dealkylation sites (tertiary alicyclic amines) is 1. The highest BCUT2D eigenvalue weighted by Gasteiger charge is 2.40. The summed E-state index contributed by atoms with van der Waals surface area (Å²) in [4.78, 5) is 42.4. The van der Waals surface area contributed by atoms with E-state index in [1.807, 2.05) is 4.90 Å². The highest BCUT2D eigenvalue weighted by atomic mass is 19.4. The van der Waals surface area contributed by atoms with E-state index in [1.54, 1.807) is 0 Å². The number of nitrogens with one attached hydrogen (secondary N) is 2. The van der Waals surface area contributed by atoms with Crippen molar-refractivity contribution in [3.05, 3.63) is 35.4 Å². The Morgan fingerprint density at radius 3 is 2.46 bits per heavy atom. The summed E-state index contributed by atoms with van der Waals surface area (Å²) in [6, 6.07) is 4.27. The van der Waals surface area contributed by atoms with Gasteiger partial charge in [0.25, 0.3) is 5.91 Å². The molecular formula is C25H35F3N4O3. The summed E-state index contributed by atoms with van der Waals surface area (Å²) < 4.78 is 38.7. The van der Waals surface area contributed by atoms with E-state index in [4.69, 9.17) is 0 Å². The van der Waals surface area contributed by atoms with E-state index in [0.717, 1.165) is 50.6 Å². The summed E-state index contributed by atoms with van der Waals surface area (Å²) in [6.07, 6.45) is -0.489. The highest BCUT2D eigenvalue weighted by Crippen LogP contribution is 2.31. The number of halogens is 3. The zero-order valence-corrected chi connectivity index (χ0v) is 20.5. The molecule has 1 heterocycles. The number of hydrogen-bond donors (Lipinski definition) is 2. The molecule has 3 atom stereocenters. The van der Waals surface area contributed by atoms with Gasteiger partial charge in [0.05, 0.1) is 18.0 Å². The maximum Gasteiger partial charge on any atom is 0.416 e. The molecule has 1 aliphatic heterocycles. The Morgan fingerprint density at radius 2 is 1.83 bits per heavy atom. The van der Waals surface area contributed by atoms with Crippen LogP contribution < -0.4 is 10.6 Å². The van der Waals surface area contributed by atoms with Crippen molar-refractivity contribution in [1.29, 1.82) is 0 Å². The third kappa shape index (κ3) is 6.96. The van der Waals surface area contributed by atoms with Crippen molar-refractivity contribution in [2.75, 3.05) is 26.7 Å². The first-order valence-electron chi connectivity index (χ1n) is 12.2. The van der Waals surface area contributed by atoms with Crippen molar-refractivity contribution in [3.63, 3.8) is 0 Å². The lowest BCUT2D eigenvalue weighted by molar-refractivity contribution is -0.138. The fourth-order valence-corrected chi connectivity index (χ4v) is 4.91. The molecule has 0 bridgehead atoms. The number of rotatable bonds is 7. The molecule has 3 amide bonds. The van der Waals surface area contributed by atoms with Gasteiger partial charge in [-0.1, -0.05) is 6.07 Å². The summed E-state index contributed by atoms with van der Waals surface area (Å²) >= 11 is 0. The second-order valence-electron chi connectivity index (χ2n) is 9.80. The van der Waals surface area contributed by atoms with Gasteiger partial charge in [-0.3, -0.25) is 14.4 Å². The van der Waals surface area contributed by atoms with E-state index in [1.165, 1.54) is 6.07 Å². The van der Waals surface area contributed by atoms with E-state index in [9.17, 15) is 27.6 Å². The van der Waals surface area contributed by atoms with Crippen LogP contribution in [0.4, 0.5) is 13.2 Å². The first kappa shape index (κ1) is 27.0. The molecule has 10 heteroatoms. The second kappa shape index (κ2) is 11.4. The SMILES string of the molecule is CC(C)N(C)[C@@H]1CC[C@H](NC(=O)CNC(=O)c2cccc(C(F)(F)F)c2)[C@@H](C(=O)N2CCCC2)C1. The molecule has 3 rings (SSSR count). The Kier molecular flexibility index (Phi) is 8.79. The van der Waals surface area contributed by atoms with Crippen LogP contribution in [0.25, 0.3) is 0 Å². The largest absolute Gasteiger partial charge is 0.416 e. The van der Waals surface area contributed by atoms with E-state index in [0.29, 0.717) is 18.9 Å². The molecule has 0 radical (unpaired) electrons. The number of amides is 3. The van der Waals surface area contributed by atoms with Crippen molar-refractivity contribution in [3.8, 4) is 0 Å². The van der Waals surface area contributed by atoms with Crippen LogP contribution in [0.2, 0.25) is 0 Å². The zero-order chi connectivity index (χ0) is 25.8. The molecule has 194 valence electrons. The Labute approximate surface area is 204 Å². The highest BCUT2D eigenvalue weighted by molar-refractivity contribution is 5.96. The van der Waals surface area contributed by atoms with Gasteiger partial charge in [0.2, 0.25) is 11.8 Å². The standard InChI is InChI=1S/C25H35F3N4O3/c1-16(2)31(3)19-9-10-21(20(14-19)24(35)32-11-4-5-12-32)30-22(33)15-29-23(34)17-7-6-8-18(13-17)25(26,27)28/h6-8,13,16,19-21H,4-5,9-12,14-15H2,1-3H3,(H,29,34)(H,30,33)/t19-,20+,21+/m1/s1. The van der Waals surface area contributed by atoms with Crippen molar-refractivity contribution >= 4 is 17.7 Å². The average Bonchev–Trinajstić information content (AvgIpc) is 3.36. The molecule has 1 saturated heterocycles. The molecule has 0 aromatic heterocycles. The van der Waals surface area contributed by atoms with Crippen LogP contribution in [0.15, 0.2) is 24.3 Å². The second-order valence-corrected chi connectivity index (χ2v) is 9.80. The minimum absolute atomic E-state index is 0.0580. The molecule has 2 aliphatic rings. The van der Waals surface area contributed by atoms with E-state index in [-0.39, 0.29) is 36.0 Å². The minimum Gasteiger partial charge on any atom is -0.351 e. The average molecular weight is 497 g/mol. The first-order valence-corrected chi connectivity index (χ1v) is 12.2. The lowest BCUT2D eigenvalue weighted by atomic mass is 9.79. The van der Waals surface area contributed by atoms with Crippen LogP contribution in [0.5, 0.6) is 0 Å². The Hall–Kier alpha value is -2.62. The summed E-state index contributed by atoms with van der Waals surface area (Å²) in [5.41, 5.74) is -1.10. The normalized spacial score (nSPS) is 23.0. The molecule has 1 saturated carbocycles. The summed E-state index contributed by atoms with van der Waals surface area (Å²) in [6.45, 7) is 5.30. The molecule has 1 aliphatic carbocycles. The fourth-order valence-electron chi connectivity index (χ4n) is 4.91. The molecule has 1 aromatic rings. The molecule has 7 nitrogen and oxygen atoms in total. The predicted octanol–water partition coefficient (Wildman–Crippen LogP) is 3.05. The number of alkyl halides is 3. The van der Waals surface area contributed by atoms with E-state index < -0.39 is 23.6 Å². The molecule has 2 fully saturated rings. The smallest absolute Gasteiger partial charge is 0.351 e. The van der Waals surface area contributed by atoms with Crippen LogP contribution in [0.3, 0.4) is 0 Å². The third-order valence-corrected chi connectivity index (χ3v) is 7.16. The maximum atomic E-state index is 13.3. The molecule has 1 aromatic carbocycles. The van der Waals surface area contributed by atoms with Gasteiger partial charge in [0, 0.05) is 36.8 Å². The third-order valence-electron chi connectivity index (χ3n) is 7.16. The summed E-state index contributed by atoms with van der Waals surface area (Å²) in [5.74, 6) is -1.53. The van der Waals surface area contributed by atoms with Gasteiger partial charge in [-0.05, 0) is 71.2 Å². The van der Waals surface area contributed by atoms with Gasteiger partial charge < -0.3 is 20.4 Å². The van der Waals surface area contributed by atoms with Crippen molar-refractivity contribution in [2.45, 2.75) is 70.3 Å². The number of hydrogen-bond acceptors (Lipinski definition) is 4. The van der Waals surface area contributed by atoms with Crippen molar-refractivity contribution < 1.29 is 27.6 Å². The number of nitrogens with zero attached hydrogens (tertiary/aromatic N) is 2.